The second kappa shape index (κ2) is 10.7. The lowest BCUT2D eigenvalue weighted by Crippen LogP contribution is -2.62. The highest BCUT2D eigenvalue weighted by atomic mass is 35.5. The number of amides is 3. The summed E-state index contributed by atoms with van der Waals surface area (Å²) in [5.41, 5.74) is 12.5. The fourth-order valence-electron chi connectivity index (χ4n) is 5.41. The molecule has 2 aliphatic rings. The van der Waals surface area contributed by atoms with Gasteiger partial charge in [0.1, 0.15) is 5.03 Å². The largest absolute Gasteiger partial charge is 0.370 e. The topological polar surface area (TPSA) is 185 Å². The van der Waals surface area contributed by atoms with Crippen LogP contribution in [0.25, 0.3) is 10.9 Å². The number of aromatic nitrogens is 2. The van der Waals surface area contributed by atoms with Crippen LogP contribution in [0, 0.1) is 0 Å². The number of hydrogen-bond acceptors (Lipinski definition) is 8. The predicted molar refractivity (Wildman–Crippen MR) is 150 cm³/mol. The molecule has 5 rings (SSSR count). The molecule has 0 spiro atoms. The molecule has 214 valence electrons. The summed E-state index contributed by atoms with van der Waals surface area (Å²) in [6.07, 6.45) is -0.620. The maximum atomic E-state index is 13.9. The summed E-state index contributed by atoms with van der Waals surface area (Å²) in [5, 5.41) is 4.57. The normalized spacial score (nSPS) is 23.7. The number of carbonyl (C=O) groups is 3. The van der Waals surface area contributed by atoms with Gasteiger partial charge in [-0.05, 0) is 31.2 Å². The Balaban J connectivity index is 1.51. The number of nitrogens with one attached hydrogen (secondary N) is 2. The molecular formula is C25H30ClN7O5S2. The van der Waals surface area contributed by atoms with Crippen LogP contribution in [-0.2, 0) is 26.2 Å². The number of rotatable bonds is 7. The number of carbonyl (C=O) groups excluding carboxylic acids is 3. The number of halogens is 1. The molecule has 3 amide bonds. The van der Waals surface area contributed by atoms with Crippen molar-refractivity contribution in [1.29, 1.82) is 0 Å². The zero-order valence-electron chi connectivity index (χ0n) is 21.9. The highest BCUT2D eigenvalue weighted by Gasteiger charge is 2.44. The van der Waals surface area contributed by atoms with E-state index < -0.39 is 39.8 Å². The molecule has 2 aliphatic heterocycles. The molecule has 0 radical (unpaired) electrons. The number of aromatic amines is 1. The average Bonchev–Trinajstić information content (AvgIpc) is 3.50. The van der Waals surface area contributed by atoms with Gasteiger partial charge in [0, 0.05) is 65.2 Å². The van der Waals surface area contributed by atoms with Gasteiger partial charge in [-0.25, -0.2) is 13.4 Å². The van der Waals surface area contributed by atoms with Crippen molar-refractivity contribution in [3.8, 4) is 0 Å². The molecule has 3 aromatic rings. The summed E-state index contributed by atoms with van der Waals surface area (Å²) in [5.74, 6) is -1.85. The third-order valence-electron chi connectivity index (χ3n) is 7.58. The van der Waals surface area contributed by atoms with Gasteiger partial charge in [0.15, 0.2) is 5.01 Å². The Bertz CT molecular complexity index is 1580. The summed E-state index contributed by atoms with van der Waals surface area (Å²) < 4.78 is 28.7. The lowest BCUT2D eigenvalue weighted by atomic mass is 9.95. The quantitative estimate of drug-likeness (QED) is 0.313. The molecule has 15 heteroatoms. The van der Waals surface area contributed by atoms with E-state index in [2.05, 4.69) is 15.3 Å². The van der Waals surface area contributed by atoms with Crippen molar-refractivity contribution in [3.63, 3.8) is 0 Å². The van der Waals surface area contributed by atoms with Crippen LogP contribution >= 0.6 is 22.9 Å². The summed E-state index contributed by atoms with van der Waals surface area (Å²) in [7, 11) is -4.13. The van der Waals surface area contributed by atoms with E-state index in [0.29, 0.717) is 22.5 Å². The number of hydrogen-bond donors (Lipinski definition) is 4. The number of H-pyrrole nitrogens is 1. The number of piperazine rings is 1. The van der Waals surface area contributed by atoms with E-state index in [1.54, 1.807) is 18.2 Å². The second-order valence-electron chi connectivity index (χ2n) is 10.3. The molecular weight excluding hydrogens is 578 g/mol. The van der Waals surface area contributed by atoms with Crippen molar-refractivity contribution >= 4 is 61.6 Å². The van der Waals surface area contributed by atoms with Crippen LogP contribution in [0.3, 0.4) is 0 Å². The lowest BCUT2D eigenvalue weighted by molar-refractivity contribution is -0.120. The maximum absolute atomic E-state index is 13.9. The molecule has 4 heterocycles. The fraction of sp³-hybridized carbons (Fsp3) is 0.440. The van der Waals surface area contributed by atoms with Crippen molar-refractivity contribution in [3.05, 3.63) is 44.9 Å². The first-order valence-corrected chi connectivity index (χ1v) is 15.4. The predicted octanol–water partition coefficient (Wildman–Crippen LogP) is 1.51. The zero-order chi connectivity index (χ0) is 28.9. The third kappa shape index (κ3) is 5.33. The van der Waals surface area contributed by atoms with Crippen molar-refractivity contribution in [2.45, 2.75) is 62.3 Å². The minimum Gasteiger partial charge on any atom is -0.370 e. The van der Waals surface area contributed by atoms with Crippen molar-refractivity contribution in [2.24, 2.45) is 11.5 Å². The SMILES string of the molecule is CC1NCc2sc(C(=O)N3[C@H](CC(N)=O)CN(S(=O)(=O)c4cc5cc(Cl)ccc5[nH]4)C[C@@H]3CC(N)=O)nc2C1C. The summed E-state index contributed by atoms with van der Waals surface area (Å²) >= 11 is 7.31. The number of thiazole rings is 1. The van der Waals surface area contributed by atoms with E-state index >= 15 is 0 Å². The van der Waals surface area contributed by atoms with Gasteiger partial charge in [0.25, 0.3) is 15.9 Å². The maximum Gasteiger partial charge on any atom is 0.283 e. The highest BCUT2D eigenvalue weighted by molar-refractivity contribution is 7.89. The van der Waals surface area contributed by atoms with Crippen LogP contribution < -0.4 is 16.8 Å². The molecule has 6 N–H and O–H groups in total. The van der Waals surface area contributed by atoms with Gasteiger partial charge in [0.05, 0.1) is 17.8 Å². The Morgan fingerprint density at radius 2 is 1.75 bits per heavy atom. The first-order valence-electron chi connectivity index (χ1n) is 12.8. The Hall–Kier alpha value is -3.04. The van der Waals surface area contributed by atoms with Gasteiger partial charge in [-0.2, -0.15) is 4.31 Å². The van der Waals surface area contributed by atoms with Crippen LogP contribution in [0.5, 0.6) is 0 Å². The second-order valence-corrected chi connectivity index (χ2v) is 13.8. The Kier molecular flexibility index (Phi) is 7.65. The summed E-state index contributed by atoms with van der Waals surface area (Å²) in [4.78, 5) is 48.0. The van der Waals surface area contributed by atoms with Crippen LogP contribution in [0.15, 0.2) is 29.3 Å². The summed E-state index contributed by atoms with van der Waals surface area (Å²) in [6, 6.07) is 4.72. The number of sulfonamides is 1. The summed E-state index contributed by atoms with van der Waals surface area (Å²) in [6.45, 7) is 4.23. The van der Waals surface area contributed by atoms with Crippen LogP contribution in [0.4, 0.5) is 0 Å². The molecule has 40 heavy (non-hydrogen) atoms. The Labute approximate surface area is 240 Å². The molecule has 0 saturated carbocycles. The number of benzene rings is 1. The Morgan fingerprint density at radius 3 is 2.38 bits per heavy atom. The van der Waals surface area contributed by atoms with Gasteiger partial charge in [-0.3, -0.25) is 14.4 Å². The third-order valence-corrected chi connectivity index (χ3v) is 10.6. The molecule has 2 aromatic heterocycles. The van der Waals surface area contributed by atoms with E-state index in [-0.39, 0.29) is 47.9 Å². The van der Waals surface area contributed by atoms with Crippen LogP contribution in [-0.4, -0.2) is 76.5 Å². The highest BCUT2D eigenvalue weighted by Crippen LogP contribution is 2.34. The van der Waals surface area contributed by atoms with Gasteiger partial charge < -0.3 is 26.7 Å². The minimum absolute atomic E-state index is 0.0802. The van der Waals surface area contributed by atoms with E-state index in [1.165, 1.54) is 22.3 Å². The first kappa shape index (κ1) is 28.5. The van der Waals surface area contributed by atoms with Gasteiger partial charge >= 0.3 is 0 Å². The molecule has 0 bridgehead atoms. The van der Waals surface area contributed by atoms with Crippen LogP contribution in [0.1, 0.15) is 53.0 Å². The van der Waals surface area contributed by atoms with Gasteiger partial charge in [-0.1, -0.05) is 18.5 Å². The number of primary amides is 2. The van der Waals surface area contributed by atoms with Gasteiger partial charge in [-0.15, -0.1) is 11.3 Å². The van der Waals surface area contributed by atoms with E-state index in [9.17, 15) is 22.8 Å². The fourth-order valence-corrected chi connectivity index (χ4v) is 8.18. The number of fused-ring (bicyclic) bond motifs is 2. The molecule has 0 aliphatic carbocycles. The number of nitrogens with zero attached hydrogens (tertiary/aromatic N) is 3. The molecule has 1 fully saturated rings. The smallest absolute Gasteiger partial charge is 0.283 e. The van der Waals surface area contributed by atoms with E-state index in [1.807, 2.05) is 13.8 Å². The Morgan fingerprint density at radius 1 is 1.10 bits per heavy atom. The zero-order valence-corrected chi connectivity index (χ0v) is 24.3. The monoisotopic (exact) mass is 607 g/mol. The molecule has 2 unspecified atom stereocenters. The van der Waals surface area contributed by atoms with E-state index in [4.69, 9.17) is 23.1 Å². The molecule has 12 nitrogen and oxygen atoms in total. The van der Waals surface area contributed by atoms with E-state index in [0.717, 1.165) is 14.9 Å². The lowest BCUT2D eigenvalue weighted by Gasteiger charge is -2.45. The average molecular weight is 608 g/mol. The molecule has 1 aromatic carbocycles. The first-order chi connectivity index (χ1) is 18.8. The minimum atomic E-state index is -4.13. The standard InChI is InChI=1S/C25H30ClN7O5S2/c1-12-13(2)29-9-19-23(12)31-24(39-19)25(36)33-16(7-20(27)34)10-32(11-17(33)8-21(28)35)40(37,38)22-6-14-5-15(26)3-4-18(14)30-22/h3-6,12-13,16-17,29-30H,7-11H2,1-2H3,(H2,27,34)(H2,28,35)/t12?,13?,16-,17+. The van der Waals surface area contributed by atoms with Crippen LogP contribution in [0.2, 0.25) is 5.02 Å². The number of nitrogens with two attached hydrogens (primary N) is 2. The molecule has 4 atom stereocenters. The van der Waals surface area contributed by atoms with Crippen molar-refractivity contribution in [2.75, 3.05) is 13.1 Å². The van der Waals surface area contributed by atoms with Gasteiger partial charge in [0.2, 0.25) is 11.8 Å². The molecule has 1 saturated heterocycles. The van der Waals surface area contributed by atoms with Crippen molar-refractivity contribution < 1.29 is 22.8 Å². The van der Waals surface area contributed by atoms with Crippen molar-refractivity contribution in [1.82, 2.24) is 24.5 Å².